The molecule has 2 aliphatic heterocycles. The summed E-state index contributed by atoms with van der Waals surface area (Å²) in [6.45, 7) is 4.58. The quantitative estimate of drug-likeness (QED) is 0.519. The number of fused-ring (bicyclic) bond motifs is 2. The Kier molecular flexibility index (Phi) is 5.68. The number of ether oxygens (including phenoxy) is 2. The average Bonchev–Trinajstić information content (AvgIpc) is 3.00. The highest BCUT2D eigenvalue weighted by atomic mass is 35.5. The molecule has 6 nitrogen and oxygen atoms in total. The number of methoxy groups -OCH3 is 1. The molecule has 0 N–H and O–H groups in total. The zero-order valence-corrected chi connectivity index (χ0v) is 19.3. The smallest absolute Gasteiger partial charge is 0.253 e. The molecule has 33 heavy (non-hydrogen) atoms. The summed E-state index contributed by atoms with van der Waals surface area (Å²) in [6, 6.07) is 18.8. The Morgan fingerprint density at radius 3 is 2.45 bits per heavy atom. The molecule has 0 aromatic heterocycles. The molecule has 0 spiro atoms. The van der Waals surface area contributed by atoms with E-state index in [2.05, 4.69) is 4.90 Å². The fraction of sp³-hybridized carbons (Fsp3) is 0.231. The van der Waals surface area contributed by atoms with Crippen LogP contribution in [0, 0.1) is 6.92 Å². The number of amidine groups is 1. The summed E-state index contributed by atoms with van der Waals surface area (Å²) in [5.74, 6) is 3.01. The van der Waals surface area contributed by atoms with E-state index in [0.717, 1.165) is 34.1 Å². The monoisotopic (exact) mass is 461 g/mol. The van der Waals surface area contributed by atoms with Gasteiger partial charge in [-0.2, -0.15) is 0 Å². The lowest BCUT2D eigenvalue weighted by molar-refractivity contribution is 0.0692. The van der Waals surface area contributed by atoms with E-state index in [0.29, 0.717) is 42.5 Å². The van der Waals surface area contributed by atoms with Crippen LogP contribution in [0.2, 0.25) is 5.02 Å². The van der Waals surface area contributed by atoms with Gasteiger partial charge >= 0.3 is 0 Å². The highest BCUT2D eigenvalue weighted by Crippen LogP contribution is 2.40. The fourth-order valence-electron chi connectivity index (χ4n) is 4.12. The van der Waals surface area contributed by atoms with E-state index >= 15 is 0 Å². The molecule has 1 saturated heterocycles. The van der Waals surface area contributed by atoms with E-state index in [1.807, 2.05) is 48.2 Å². The normalized spacial score (nSPS) is 15.1. The van der Waals surface area contributed by atoms with E-state index in [1.54, 1.807) is 31.4 Å². The van der Waals surface area contributed by atoms with Crippen LogP contribution in [-0.2, 0) is 0 Å². The third-order valence-corrected chi connectivity index (χ3v) is 6.20. The van der Waals surface area contributed by atoms with Gasteiger partial charge in [0, 0.05) is 42.8 Å². The van der Waals surface area contributed by atoms with Crippen molar-refractivity contribution in [1.29, 1.82) is 0 Å². The number of hydrogen-bond acceptors (Lipinski definition) is 5. The van der Waals surface area contributed by atoms with Crippen LogP contribution in [0.15, 0.2) is 65.7 Å². The van der Waals surface area contributed by atoms with Gasteiger partial charge in [0.15, 0.2) is 5.75 Å². The van der Waals surface area contributed by atoms with Gasteiger partial charge < -0.3 is 19.3 Å². The van der Waals surface area contributed by atoms with Crippen molar-refractivity contribution in [2.75, 3.05) is 33.3 Å². The highest BCUT2D eigenvalue weighted by molar-refractivity contribution is 6.30. The number of rotatable bonds is 2. The molecule has 3 aromatic rings. The molecule has 1 amide bonds. The average molecular weight is 462 g/mol. The number of aryl methyl sites for hydroxylation is 1. The Morgan fingerprint density at radius 1 is 0.970 bits per heavy atom. The summed E-state index contributed by atoms with van der Waals surface area (Å²) in [7, 11) is 1.64. The minimum absolute atomic E-state index is 0.0170. The Hall–Kier alpha value is -3.51. The van der Waals surface area contributed by atoms with Crippen molar-refractivity contribution in [3.8, 4) is 17.2 Å². The van der Waals surface area contributed by atoms with Crippen molar-refractivity contribution >= 4 is 29.0 Å². The minimum atomic E-state index is 0.0170. The van der Waals surface area contributed by atoms with Crippen molar-refractivity contribution in [2.45, 2.75) is 6.92 Å². The van der Waals surface area contributed by atoms with Crippen molar-refractivity contribution in [2.24, 2.45) is 4.99 Å². The van der Waals surface area contributed by atoms with E-state index in [9.17, 15) is 4.79 Å². The largest absolute Gasteiger partial charge is 0.497 e. The van der Waals surface area contributed by atoms with E-state index in [-0.39, 0.29) is 5.91 Å². The maximum atomic E-state index is 12.9. The summed E-state index contributed by atoms with van der Waals surface area (Å²) in [5, 5.41) is 0.621. The molecule has 1 fully saturated rings. The zero-order valence-electron chi connectivity index (χ0n) is 18.5. The summed E-state index contributed by atoms with van der Waals surface area (Å²) in [6.07, 6.45) is 0. The summed E-state index contributed by atoms with van der Waals surface area (Å²) in [5.41, 5.74) is 3.44. The lowest BCUT2D eigenvalue weighted by atomic mass is 10.1. The molecule has 2 aliphatic rings. The van der Waals surface area contributed by atoms with Gasteiger partial charge in [-0.05, 0) is 61.0 Å². The summed E-state index contributed by atoms with van der Waals surface area (Å²) < 4.78 is 11.7. The second-order valence-electron chi connectivity index (χ2n) is 8.16. The molecule has 168 valence electrons. The molecular formula is C26H24ClN3O3. The maximum Gasteiger partial charge on any atom is 0.253 e. The van der Waals surface area contributed by atoms with E-state index < -0.39 is 0 Å². The predicted molar refractivity (Wildman–Crippen MR) is 129 cm³/mol. The van der Waals surface area contributed by atoms with Crippen molar-refractivity contribution in [3.05, 3.63) is 82.4 Å². The first-order valence-electron chi connectivity index (χ1n) is 10.9. The van der Waals surface area contributed by atoms with Crippen LogP contribution < -0.4 is 9.47 Å². The molecule has 0 unspecified atom stereocenters. The van der Waals surface area contributed by atoms with Crippen LogP contribution in [0.4, 0.5) is 5.69 Å². The van der Waals surface area contributed by atoms with Crippen LogP contribution in [0.3, 0.4) is 0 Å². The van der Waals surface area contributed by atoms with Gasteiger partial charge in [0.25, 0.3) is 5.91 Å². The van der Waals surface area contributed by atoms with Gasteiger partial charge in [0.1, 0.15) is 23.0 Å². The van der Waals surface area contributed by atoms with Crippen molar-refractivity contribution < 1.29 is 14.3 Å². The van der Waals surface area contributed by atoms with Crippen LogP contribution in [-0.4, -0.2) is 54.8 Å². The Labute approximate surface area is 198 Å². The summed E-state index contributed by atoms with van der Waals surface area (Å²) >= 11 is 5.96. The van der Waals surface area contributed by atoms with Crippen LogP contribution in [0.1, 0.15) is 21.5 Å². The van der Waals surface area contributed by atoms with Crippen molar-refractivity contribution in [1.82, 2.24) is 9.80 Å². The highest BCUT2D eigenvalue weighted by Gasteiger charge is 2.28. The second kappa shape index (κ2) is 8.79. The van der Waals surface area contributed by atoms with Gasteiger partial charge in [-0.25, -0.2) is 4.99 Å². The summed E-state index contributed by atoms with van der Waals surface area (Å²) in [4.78, 5) is 22.0. The van der Waals surface area contributed by atoms with Crippen LogP contribution in [0.5, 0.6) is 17.2 Å². The molecule has 0 aliphatic carbocycles. The maximum absolute atomic E-state index is 12.9. The number of hydrogen-bond donors (Lipinski definition) is 0. The molecule has 5 rings (SSSR count). The second-order valence-corrected chi connectivity index (χ2v) is 8.59. The van der Waals surface area contributed by atoms with Gasteiger partial charge in [0.2, 0.25) is 0 Å². The minimum Gasteiger partial charge on any atom is -0.497 e. The Morgan fingerprint density at radius 2 is 1.73 bits per heavy atom. The number of halogens is 1. The first-order valence-corrected chi connectivity index (χ1v) is 11.2. The van der Waals surface area contributed by atoms with Gasteiger partial charge in [-0.1, -0.05) is 17.7 Å². The number of benzene rings is 3. The Balaban J connectivity index is 1.43. The zero-order chi connectivity index (χ0) is 22.9. The van der Waals surface area contributed by atoms with Crippen molar-refractivity contribution in [3.63, 3.8) is 0 Å². The number of carbonyl (C=O) groups excluding carboxylic acids is 1. The first kappa shape index (κ1) is 21.3. The van der Waals surface area contributed by atoms with E-state index in [4.69, 9.17) is 26.1 Å². The molecule has 2 heterocycles. The molecule has 0 atom stereocenters. The predicted octanol–water partition coefficient (Wildman–Crippen LogP) is 5.30. The number of amides is 1. The third-order valence-electron chi connectivity index (χ3n) is 5.95. The topological polar surface area (TPSA) is 54.4 Å². The molecule has 0 bridgehead atoms. The number of nitrogens with zero attached hydrogens (tertiary/aromatic N) is 3. The van der Waals surface area contributed by atoms with E-state index in [1.165, 1.54) is 0 Å². The van der Waals surface area contributed by atoms with Crippen LogP contribution >= 0.6 is 11.6 Å². The SMILES string of the molecule is COc1ccc2c(c1)Oc1cc(C)ccc1N=C2N1CCN(C(=O)c2ccc(Cl)cc2)CC1. The standard InChI is InChI=1S/C26H24ClN3O3/c1-17-3-10-22-24(15-17)33-23-16-20(32-2)8-9-21(23)25(28-22)29-11-13-30(14-12-29)26(31)18-4-6-19(27)7-5-18/h3-10,15-16H,11-14H2,1-2H3. The Bertz CT molecular complexity index is 1230. The fourth-order valence-corrected chi connectivity index (χ4v) is 4.25. The van der Waals surface area contributed by atoms with Crippen LogP contribution in [0.25, 0.3) is 0 Å². The number of aliphatic imine (C=N–C) groups is 1. The molecule has 7 heteroatoms. The lowest BCUT2D eigenvalue weighted by Crippen LogP contribution is -2.50. The molecule has 3 aromatic carbocycles. The number of piperazine rings is 1. The molecular weight excluding hydrogens is 438 g/mol. The van der Waals surface area contributed by atoms with Gasteiger partial charge in [-0.15, -0.1) is 0 Å². The van der Waals surface area contributed by atoms with Gasteiger partial charge in [-0.3, -0.25) is 4.79 Å². The van der Waals surface area contributed by atoms with Gasteiger partial charge in [0.05, 0.1) is 12.7 Å². The lowest BCUT2D eigenvalue weighted by Gasteiger charge is -2.36. The molecule has 0 radical (unpaired) electrons. The third kappa shape index (κ3) is 4.26. The number of carbonyl (C=O) groups is 1. The molecule has 0 saturated carbocycles. The first-order chi connectivity index (χ1) is 16.0.